The lowest BCUT2D eigenvalue weighted by molar-refractivity contribution is 0.0921. The van der Waals surface area contributed by atoms with Crippen LogP contribution in [0.25, 0.3) is 0 Å². The van der Waals surface area contributed by atoms with Gasteiger partial charge in [0.1, 0.15) is 0 Å². The maximum atomic E-state index is 3.53. The van der Waals surface area contributed by atoms with E-state index in [0.717, 1.165) is 6.42 Å². The van der Waals surface area contributed by atoms with Crippen molar-refractivity contribution < 1.29 is 0 Å². The minimum atomic E-state index is 0.249. The largest absolute Gasteiger partial charge is 0.315 e. The van der Waals surface area contributed by atoms with E-state index in [4.69, 9.17) is 0 Å². The fourth-order valence-electron chi connectivity index (χ4n) is 2.88. The summed E-state index contributed by atoms with van der Waals surface area (Å²) >= 11 is 1.86. The number of likely N-dealkylation sites (N-methyl/N-ethyl adjacent to an activating group) is 2. The second-order valence-electron chi connectivity index (χ2n) is 4.83. The Labute approximate surface area is 110 Å². The number of nitrogens with zero attached hydrogens (tertiary/aromatic N) is 1. The molecule has 1 atom stereocenters. The molecule has 0 aromatic carbocycles. The molecule has 3 heteroatoms. The third-order valence-corrected chi connectivity index (χ3v) is 5.00. The molecule has 0 aliphatic carbocycles. The predicted molar refractivity (Wildman–Crippen MR) is 77.9 cm³/mol. The first kappa shape index (κ1) is 14.7. The summed E-state index contributed by atoms with van der Waals surface area (Å²) in [6.07, 6.45) is 3.47. The van der Waals surface area contributed by atoms with Gasteiger partial charge in [-0.05, 0) is 51.9 Å². The predicted octanol–water partition coefficient (Wildman–Crippen LogP) is 3.00. The molecule has 0 spiro atoms. The normalized spacial score (nSPS) is 14.2. The molecule has 0 fully saturated rings. The second-order valence-corrected chi connectivity index (χ2v) is 5.86. The number of rotatable bonds is 7. The topological polar surface area (TPSA) is 15.3 Å². The van der Waals surface area contributed by atoms with Crippen molar-refractivity contribution in [2.75, 3.05) is 21.1 Å². The molecule has 0 bridgehead atoms. The Bertz CT molecular complexity index is 302. The highest BCUT2D eigenvalue weighted by Crippen LogP contribution is 2.28. The highest BCUT2D eigenvalue weighted by molar-refractivity contribution is 7.09. The number of hydrogen-bond acceptors (Lipinski definition) is 3. The summed E-state index contributed by atoms with van der Waals surface area (Å²) in [5.74, 6) is 0. The van der Waals surface area contributed by atoms with Crippen LogP contribution in [0.2, 0.25) is 0 Å². The van der Waals surface area contributed by atoms with E-state index in [9.17, 15) is 0 Å². The maximum absolute atomic E-state index is 3.53. The highest BCUT2D eigenvalue weighted by atomic mass is 32.1. The average Bonchev–Trinajstić information content (AvgIpc) is 2.82. The summed E-state index contributed by atoms with van der Waals surface area (Å²) in [7, 11) is 6.49. The van der Waals surface area contributed by atoms with Crippen molar-refractivity contribution in [2.45, 2.75) is 44.7 Å². The maximum Gasteiger partial charge on any atom is 0.0354 e. The van der Waals surface area contributed by atoms with Crippen LogP contribution in [0.1, 0.15) is 31.6 Å². The lowest BCUT2D eigenvalue weighted by Crippen LogP contribution is -2.58. The van der Waals surface area contributed by atoms with Gasteiger partial charge in [-0.25, -0.2) is 0 Å². The molecule has 17 heavy (non-hydrogen) atoms. The minimum Gasteiger partial charge on any atom is -0.315 e. The highest BCUT2D eigenvalue weighted by Gasteiger charge is 2.36. The minimum absolute atomic E-state index is 0.249. The van der Waals surface area contributed by atoms with Crippen molar-refractivity contribution in [3.63, 3.8) is 0 Å². The lowest BCUT2D eigenvalue weighted by atomic mass is 9.81. The first-order valence-corrected chi connectivity index (χ1v) is 7.35. The molecule has 2 nitrogen and oxygen atoms in total. The van der Waals surface area contributed by atoms with E-state index < -0.39 is 0 Å². The van der Waals surface area contributed by atoms with Crippen LogP contribution < -0.4 is 5.32 Å². The molecular weight excluding hydrogens is 228 g/mol. The van der Waals surface area contributed by atoms with E-state index in [1.165, 1.54) is 17.7 Å². The van der Waals surface area contributed by atoms with E-state index in [1.54, 1.807) is 0 Å². The molecule has 1 N–H and O–H groups in total. The van der Waals surface area contributed by atoms with Gasteiger partial charge < -0.3 is 10.2 Å². The molecule has 0 amide bonds. The van der Waals surface area contributed by atoms with E-state index in [0.29, 0.717) is 6.04 Å². The van der Waals surface area contributed by atoms with Gasteiger partial charge >= 0.3 is 0 Å². The standard InChI is InChI=1S/C14H26N2S/c1-6-14(7-2,16(4)5)13(15-3)11-12-9-8-10-17-12/h8-10,13,15H,6-7,11H2,1-5H3. The van der Waals surface area contributed by atoms with Crippen molar-refractivity contribution in [1.29, 1.82) is 0 Å². The zero-order chi connectivity index (χ0) is 12.9. The molecular formula is C14H26N2S. The van der Waals surface area contributed by atoms with Crippen molar-refractivity contribution in [3.8, 4) is 0 Å². The smallest absolute Gasteiger partial charge is 0.0354 e. The van der Waals surface area contributed by atoms with Crippen LogP contribution in [0.15, 0.2) is 17.5 Å². The van der Waals surface area contributed by atoms with Crippen molar-refractivity contribution in [3.05, 3.63) is 22.4 Å². The van der Waals surface area contributed by atoms with Crippen molar-refractivity contribution in [1.82, 2.24) is 10.2 Å². The van der Waals surface area contributed by atoms with Crippen molar-refractivity contribution in [2.24, 2.45) is 0 Å². The summed E-state index contributed by atoms with van der Waals surface area (Å²) in [6, 6.07) is 4.88. The molecule has 0 aliphatic heterocycles. The SMILES string of the molecule is CCC(CC)(C(Cc1cccs1)NC)N(C)C. The van der Waals surface area contributed by atoms with Crippen LogP contribution in [0.3, 0.4) is 0 Å². The van der Waals surface area contributed by atoms with Gasteiger partial charge in [0.2, 0.25) is 0 Å². The summed E-state index contributed by atoms with van der Waals surface area (Å²) in [5.41, 5.74) is 0.249. The Kier molecular flexibility index (Phi) is 5.63. The van der Waals surface area contributed by atoms with Gasteiger partial charge in [0.25, 0.3) is 0 Å². The third-order valence-electron chi connectivity index (χ3n) is 4.10. The van der Waals surface area contributed by atoms with Gasteiger partial charge in [-0.15, -0.1) is 11.3 Å². The third kappa shape index (κ3) is 3.09. The quantitative estimate of drug-likeness (QED) is 0.805. The van der Waals surface area contributed by atoms with Crippen LogP contribution in [-0.4, -0.2) is 37.6 Å². The summed E-state index contributed by atoms with van der Waals surface area (Å²) in [6.45, 7) is 4.59. The number of nitrogens with one attached hydrogen (secondary N) is 1. The number of hydrogen-bond donors (Lipinski definition) is 1. The zero-order valence-electron chi connectivity index (χ0n) is 11.8. The van der Waals surface area contributed by atoms with E-state index in [-0.39, 0.29) is 5.54 Å². The summed E-state index contributed by atoms with van der Waals surface area (Å²) in [4.78, 5) is 3.86. The molecule has 0 radical (unpaired) electrons. The Balaban J connectivity index is 2.89. The van der Waals surface area contributed by atoms with E-state index in [1.807, 2.05) is 11.3 Å². The summed E-state index contributed by atoms with van der Waals surface area (Å²) < 4.78 is 0. The molecule has 1 rings (SSSR count). The molecule has 1 aromatic heterocycles. The fourth-order valence-corrected chi connectivity index (χ4v) is 3.63. The van der Waals surface area contributed by atoms with Gasteiger partial charge in [-0.1, -0.05) is 19.9 Å². The Morgan fingerprint density at radius 1 is 1.35 bits per heavy atom. The zero-order valence-corrected chi connectivity index (χ0v) is 12.6. The Morgan fingerprint density at radius 2 is 2.00 bits per heavy atom. The first-order chi connectivity index (χ1) is 8.10. The van der Waals surface area contributed by atoms with E-state index >= 15 is 0 Å². The molecule has 1 unspecified atom stereocenters. The second kappa shape index (κ2) is 6.53. The van der Waals surface area contributed by atoms with Crippen molar-refractivity contribution >= 4 is 11.3 Å². The van der Waals surface area contributed by atoms with Gasteiger partial charge in [-0.2, -0.15) is 0 Å². The molecule has 1 heterocycles. The first-order valence-electron chi connectivity index (χ1n) is 6.47. The van der Waals surface area contributed by atoms with Crippen LogP contribution in [-0.2, 0) is 6.42 Å². The average molecular weight is 254 g/mol. The molecule has 98 valence electrons. The van der Waals surface area contributed by atoms with Gasteiger partial charge in [-0.3, -0.25) is 0 Å². The van der Waals surface area contributed by atoms with Gasteiger partial charge in [0.15, 0.2) is 0 Å². The number of thiophene rings is 1. The fraction of sp³-hybridized carbons (Fsp3) is 0.714. The van der Waals surface area contributed by atoms with Crippen LogP contribution in [0.4, 0.5) is 0 Å². The summed E-state index contributed by atoms with van der Waals surface area (Å²) in [5, 5.41) is 5.69. The lowest BCUT2D eigenvalue weighted by Gasteiger charge is -2.45. The monoisotopic (exact) mass is 254 g/mol. The molecule has 1 aromatic rings. The Morgan fingerprint density at radius 3 is 2.35 bits per heavy atom. The van der Waals surface area contributed by atoms with Gasteiger partial charge in [0, 0.05) is 16.5 Å². The van der Waals surface area contributed by atoms with E-state index in [2.05, 4.69) is 62.7 Å². The van der Waals surface area contributed by atoms with Crippen LogP contribution >= 0.6 is 11.3 Å². The molecule has 0 saturated heterocycles. The Hall–Kier alpha value is -0.380. The van der Waals surface area contributed by atoms with Gasteiger partial charge in [0.05, 0.1) is 0 Å². The van der Waals surface area contributed by atoms with Crippen LogP contribution in [0, 0.1) is 0 Å². The molecule has 0 aliphatic rings. The molecule has 0 saturated carbocycles. The van der Waals surface area contributed by atoms with Crippen LogP contribution in [0.5, 0.6) is 0 Å².